The van der Waals surface area contributed by atoms with Crippen molar-refractivity contribution in [3.8, 4) is 43.4 Å². The molecule has 0 radical (unpaired) electrons. The number of aliphatic hydroxyl groups excluding tert-OH is 1. The van der Waals surface area contributed by atoms with Crippen LogP contribution in [-0.4, -0.2) is 130 Å². The molecule has 9 aromatic rings. The number of carbonyl (C=O) groups is 8. The van der Waals surface area contributed by atoms with Gasteiger partial charge < -0.3 is 51.4 Å². The molecule has 0 unspecified atom stereocenters. The number of aliphatic hydroxyl groups is 1. The van der Waals surface area contributed by atoms with Gasteiger partial charge in [-0.2, -0.15) is 0 Å². The fourth-order valence-corrected chi connectivity index (χ4v) is 16.0. The monoisotopic (exact) mass is 1400 g/mol. The number of pyridine rings is 2. The number of fused-ring (bicyclic) bond motifs is 14. The number of hydrogen-bond acceptors (Lipinski definition) is 25. The number of aliphatic carboxylic acids is 1. The minimum absolute atomic E-state index is 0.0190. The zero-order valence-corrected chi connectivity index (χ0v) is 56.1. The van der Waals surface area contributed by atoms with Crippen molar-refractivity contribution in [3.63, 3.8) is 0 Å². The Balaban J connectivity index is 0.983. The predicted molar refractivity (Wildman–Crippen MR) is 354 cm³/mol. The fraction of sp³-hybridized carbons (Fsp3) is 0.323. The van der Waals surface area contributed by atoms with Gasteiger partial charge in [0.2, 0.25) is 11.8 Å². The third kappa shape index (κ3) is 15.5. The quantitative estimate of drug-likeness (QED) is 0.0502. The van der Waals surface area contributed by atoms with Crippen LogP contribution in [0.2, 0.25) is 0 Å². The summed E-state index contributed by atoms with van der Waals surface area (Å²) in [6, 6.07) is 12.1. The zero-order chi connectivity index (χ0) is 67.2. The number of nitrogens with zero attached hydrogens (tertiary/aromatic N) is 9. The van der Waals surface area contributed by atoms with Crippen LogP contribution in [0.3, 0.4) is 0 Å². The zero-order valence-electron chi connectivity index (χ0n) is 51.2. The van der Waals surface area contributed by atoms with Crippen LogP contribution in [0.25, 0.3) is 43.4 Å². The molecule has 0 saturated heterocycles. The summed E-state index contributed by atoms with van der Waals surface area (Å²) in [7, 11) is 2.91. The second-order valence-electron chi connectivity index (χ2n) is 22.3. The van der Waals surface area contributed by atoms with Crippen LogP contribution in [-0.2, 0) is 37.0 Å². The van der Waals surface area contributed by atoms with E-state index >= 15 is 0 Å². The highest BCUT2D eigenvalue weighted by molar-refractivity contribution is 7.15. The molecular weight excluding hydrogens is 1340 g/mol. The van der Waals surface area contributed by atoms with E-state index in [9.17, 15) is 53.7 Å². The first-order valence-electron chi connectivity index (χ1n) is 29.5. The molecule has 11 rings (SSSR count). The molecule has 2 aliphatic rings. The largest absolute Gasteiger partial charge is 0.481 e. The summed E-state index contributed by atoms with van der Waals surface area (Å²) < 4.78 is 11.4. The van der Waals surface area contributed by atoms with Gasteiger partial charge in [0.05, 0.1) is 54.7 Å². The van der Waals surface area contributed by atoms with E-state index in [1.807, 2.05) is 13.8 Å². The third-order valence-corrected chi connectivity index (χ3v) is 21.1. The molecule has 1 aliphatic carbocycles. The summed E-state index contributed by atoms with van der Waals surface area (Å²) in [5.41, 5.74) is 2.37. The minimum atomic E-state index is -1.32. The average Bonchev–Trinajstić information content (AvgIpc) is 1.69. The Morgan fingerprint density at radius 2 is 1.42 bits per heavy atom. The number of rotatable bonds is 14. The van der Waals surface area contributed by atoms with Gasteiger partial charge in [0.25, 0.3) is 17.7 Å². The highest BCUT2D eigenvalue weighted by Gasteiger charge is 2.35. The highest BCUT2D eigenvalue weighted by Crippen LogP contribution is 2.41. The van der Waals surface area contributed by atoms with Crippen molar-refractivity contribution in [2.75, 3.05) is 25.6 Å². The van der Waals surface area contributed by atoms with Crippen molar-refractivity contribution >= 4 is 121 Å². The van der Waals surface area contributed by atoms with E-state index in [2.05, 4.69) is 31.6 Å². The number of aryl methyl sites for hydroxylation is 1. The van der Waals surface area contributed by atoms with Crippen LogP contribution < -0.4 is 31.5 Å². The van der Waals surface area contributed by atoms with E-state index in [1.165, 1.54) is 42.7 Å². The first-order chi connectivity index (χ1) is 45.7. The molecule has 9 heterocycles. The van der Waals surface area contributed by atoms with Gasteiger partial charge >= 0.3 is 18.0 Å². The van der Waals surface area contributed by atoms with Gasteiger partial charge in [0, 0.05) is 52.3 Å². The predicted octanol–water partition coefficient (Wildman–Crippen LogP) is 9.19. The normalized spacial score (nSPS) is 18.2. The number of aromatic nitrogens is 8. The van der Waals surface area contributed by atoms with Gasteiger partial charge in [-0.1, -0.05) is 44.2 Å². The molecule has 8 N–H and O–H groups in total. The summed E-state index contributed by atoms with van der Waals surface area (Å²) in [6.45, 7) is 4.69. The molecule has 27 nitrogen and oxygen atoms in total. The summed E-state index contributed by atoms with van der Waals surface area (Å²) in [4.78, 5) is 148. The Kier molecular flexibility index (Phi) is 20.9. The number of amides is 6. The maximum absolute atomic E-state index is 14.5. The lowest BCUT2D eigenvalue weighted by Crippen LogP contribution is -2.40. The molecule has 1 aromatic carbocycles. The lowest BCUT2D eigenvalue weighted by atomic mass is 9.87. The molecule has 0 spiro atoms. The fourth-order valence-electron chi connectivity index (χ4n) is 10.4. The molecule has 8 aromatic heterocycles. The van der Waals surface area contributed by atoms with Gasteiger partial charge in [0.15, 0.2) is 0 Å². The lowest BCUT2D eigenvalue weighted by molar-refractivity contribution is -0.143. The first kappa shape index (κ1) is 67.2. The number of carbonyl (C=O) groups excluding carboxylic acids is 6. The van der Waals surface area contributed by atoms with Crippen LogP contribution in [0.1, 0.15) is 148 Å². The number of carboxylic acids is 2. The molecule has 4 atom stereocenters. The molecule has 6 amide bonds. The lowest BCUT2D eigenvalue weighted by Gasteiger charge is -2.28. The Hall–Kier alpha value is -9.22. The Bertz CT molecular complexity index is 4360. The molecule has 1 aliphatic heterocycles. The topological polar surface area (TPSA) is 382 Å². The molecule has 33 heteroatoms. The summed E-state index contributed by atoms with van der Waals surface area (Å²) in [6.07, 6.45) is -0.378. The van der Waals surface area contributed by atoms with Crippen molar-refractivity contribution in [1.29, 1.82) is 0 Å². The maximum Gasteiger partial charge on any atom is 0.416 e. The van der Waals surface area contributed by atoms with E-state index in [-0.39, 0.29) is 64.8 Å². The number of aromatic carboxylic acids is 1. The number of thiazole rings is 6. The Morgan fingerprint density at radius 1 is 0.705 bits per heavy atom. The number of benzene rings is 1. The summed E-state index contributed by atoms with van der Waals surface area (Å²) in [5.74, 6) is -5.92. The summed E-state index contributed by atoms with van der Waals surface area (Å²) in [5, 5.41) is 54.1. The molecule has 10 bridgehead atoms. The highest BCUT2D eigenvalue weighted by atomic mass is 32.1. The second kappa shape index (κ2) is 29.6. The third-order valence-electron chi connectivity index (χ3n) is 15.4. The Labute approximate surface area is 565 Å². The van der Waals surface area contributed by atoms with Crippen molar-refractivity contribution in [2.24, 2.45) is 11.8 Å². The average molecular weight is 1400 g/mol. The van der Waals surface area contributed by atoms with E-state index in [0.717, 1.165) is 56.7 Å². The van der Waals surface area contributed by atoms with Gasteiger partial charge in [0.1, 0.15) is 94.0 Å². The smallest absolute Gasteiger partial charge is 0.416 e. The van der Waals surface area contributed by atoms with Crippen LogP contribution in [0, 0.1) is 18.8 Å². The molecular formula is C62H60N14O13S6. The van der Waals surface area contributed by atoms with Gasteiger partial charge in [-0.3, -0.25) is 33.7 Å². The van der Waals surface area contributed by atoms with E-state index < -0.39 is 90.4 Å². The number of nitrogens with one attached hydrogen (secondary N) is 5. The van der Waals surface area contributed by atoms with Crippen molar-refractivity contribution in [2.45, 2.75) is 96.4 Å². The molecule has 492 valence electrons. The van der Waals surface area contributed by atoms with Crippen molar-refractivity contribution in [1.82, 2.24) is 66.5 Å². The molecule has 95 heavy (non-hydrogen) atoms. The van der Waals surface area contributed by atoms with Crippen LogP contribution in [0.4, 0.5) is 10.6 Å². The number of anilines is 1. The van der Waals surface area contributed by atoms with E-state index in [0.29, 0.717) is 94.2 Å². The van der Waals surface area contributed by atoms with E-state index in [4.69, 9.17) is 44.4 Å². The number of ether oxygens (including phenoxy) is 2. The van der Waals surface area contributed by atoms with Crippen LogP contribution in [0.5, 0.6) is 0 Å². The molecule has 1 fully saturated rings. The van der Waals surface area contributed by atoms with Gasteiger partial charge in [-0.05, 0) is 73.9 Å². The molecule has 1 saturated carbocycles. The van der Waals surface area contributed by atoms with Crippen LogP contribution >= 0.6 is 68.0 Å². The SMILES string of the molecule is CNC(=O)C[C@@H]1NC(=O)c2csc(n2)-c2ccc(-c3nc(N(Cc4ccnc(C(=O)O)c4)C(=O)OC4CCC(C(=O)O)CC4)cs3)nc2-c2csc(n2)-c2csc(n2)[C@H]([C@@H](O)c2ccccc2)NC(=O)CNC(=O)c2nc(sc2COC)[C@H](C(C)C)NC(=O)c2nc1sc2C. The minimum Gasteiger partial charge on any atom is -0.481 e. The standard InChI is InChI=1S/C62H60N14O13S6/c1-28(2)45-59-75-48(41(95-59)23-88-5)52(81)65-21-44(78)72-49(50(79)31-9-7-6-8-10-31)58-70-40(26-92-58)56-68-38(24-91-56)47-34(54-69-39(25-90-54)51(80)67-36(20-43(77)63-4)57-74-46(29(3)94-57)53(82)73-45)15-16-35(66-47)55-71-42(27-93-55)76(22-30-17-18-64-37(19-30)61(85)86)62(87)89-33-13-11-32(12-14-33)60(83)84/h6-10,15-19,24-28,32-33,36,45,49-50,79H,11-14,20-23H2,1-5H3,(H,63,77)(H,65,81)(H,67,80)(H,72,78)(H,73,82)(H,83,84)(H,85,86)/t32?,33?,36-,45-,49-,50-/m0/s1. The van der Waals surface area contributed by atoms with Crippen LogP contribution in [0.15, 0.2) is 82.3 Å². The maximum atomic E-state index is 14.5. The van der Waals surface area contributed by atoms with Crippen molar-refractivity contribution in [3.05, 3.63) is 141 Å². The number of hydrogen-bond donors (Lipinski definition) is 8. The number of methoxy groups -OCH3 is 1. The first-order valence-corrected chi connectivity index (χ1v) is 34.7. The second-order valence-corrected chi connectivity index (χ2v) is 28.1. The van der Waals surface area contributed by atoms with Gasteiger partial charge in [-0.15, -0.1) is 68.0 Å². The Morgan fingerprint density at radius 3 is 2.16 bits per heavy atom. The van der Waals surface area contributed by atoms with Gasteiger partial charge in [-0.25, -0.2) is 49.5 Å². The number of carboxylic acid groups (broad SMARTS) is 2. The van der Waals surface area contributed by atoms with Crippen molar-refractivity contribution < 1.29 is 63.1 Å². The summed E-state index contributed by atoms with van der Waals surface area (Å²) >= 11 is 6.93. The van der Waals surface area contributed by atoms with E-state index in [1.54, 1.807) is 77.0 Å².